The number of ether oxygens (including phenoxy) is 1. The van der Waals surface area contributed by atoms with Crippen molar-refractivity contribution < 1.29 is 13.9 Å². The van der Waals surface area contributed by atoms with Gasteiger partial charge in [0.15, 0.2) is 0 Å². The van der Waals surface area contributed by atoms with Crippen molar-refractivity contribution >= 4 is 28.7 Å². The van der Waals surface area contributed by atoms with E-state index in [1.165, 1.54) is 11.3 Å². The van der Waals surface area contributed by atoms with Crippen LogP contribution in [0.4, 0.5) is 15.9 Å². The average Bonchev–Trinajstić information content (AvgIpc) is 3.37. The molecule has 0 spiro atoms. The summed E-state index contributed by atoms with van der Waals surface area (Å²) in [6, 6.07) is 3.27. The molecule has 32 heavy (non-hydrogen) atoms. The minimum atomic E-state index is -1.21. The minimum Gasteiger partial charge on any atom is -0.369 e. The van der Waals surface area contributed by atoms with Crippen LogP contribution < -0.4 is 16.0 Å². The highest BCUT2D eigenvalue weighted by Gasteiger charge is 2.29. The molecule has 11 heteroatoms. The molecule has 3 atom stereocenters. The average molecular weight is 460 g/mol. The van der Waals surface area contributed by atoms with Gasteiger partial charge >= 0.3 is 0 Å². The highest BCUT2D eigenvalue weighted by atomic mass is 32.1. The summed E-state index contributed by atoms with van der Waals surface area (Å²) in [6.45, 7) is 1.69. The van der Waals surface area contributed by atoms with Gasteiger partial charge in [0.2, 0.25) is 0 Å². The second-order valence-corrected chi connectivity index (χ2v) is 8.83. The van der Waals surface area contributed by atoms with Crippen molar-refractivity contribution in [2.24, 2.45) is 5.73 Å². The van der Waals surface area contributed by atoms with Crippen LogP contribution in [0, 0.1) is 6.92 Å². The Morgan fingerprint density at radius 2 is 2.19 bits per heavy atom. The van der Waals surface area contributed by atoms with Gasteiger partial charge in [-0.1, -0.05) is 0 Å². The summed E-state index contributed by atoms with van der Waals surface area (Å²) in [5.41, 5.74) is 8.70. The minimum absolute atomic E-state index is 0.0899. The predicted octanol–water partition coefficient (Wildman–Crippen LogP) is 3.07. The molecule has 0 bridgehead atoms. The number of carbonyl (C=O) groups excluding carboxylic acids is 1. The Balaban J connectivity index is 1.50. The number of nitrogens with zero attached hydrogens (tertiary/aromatic N) is 4. The topological polar surface area (TPSA) is 122 Å². The van der Waals surface area contributed by atoms with E-state index in [0.717, 1.165) is 11.4 Å². The fourth-order valence-electron chi connectivity index (χ4n) is 3.47. The number of thiazole rings is 1. The molecule has 0 aromatic carbocycles. The van der Waals surface area contributed by atoms with Crippen molar-refractivity contribution in [3.05, 3.63) is 40.8 Å². The number of aromatic amines is 1. The quantitative estimate of drug-likeness (QED) is 0.536. The Hall–Kier alpha value is -2.89. The molecule has 0 radical (unpaired) electrons. The third-order valence-corrected chi connectivity index (χ3v) is 6.30. The van der Waals surface area contributed by atoms with Gasteiger partial charge in [0.05, 0.1) is 23.7 Å². The molecule has 1 amide bonds. The van der Waals surface area contributed by atoms with Crippen LogP contribution in [0.2, 0.25) is 0 Å². The van der Waals surface area contributed by atoms with E-state index in [4.69, 9.17) is 10.5 Å². The summed E-state index contributed by atoms with van der Waals surface area (Å²) in [7, 11) is 3.84. The van der Waals surface area contributed by atoms with Gasteiger partial charge in [-0.15, -0.1) is 11.3 Å². The third-order valence-electron chi connectivity index (χ3n) is 5.41. The van der Waals surface area contributed by atoms with E-state index < -0.39 is 18.3 Å². The third kappa shape index (κ3) is 4.64. The lowest BCUT2D eigenvalue weighted by atomic mass is 10.0. The molecule has 1 fully saturated rings. The van der Waals surface area contributed by atoms with Crippen LogP contribution in [0.5, 0.6) is 0 Å². The summed E-state index contributed by atoms with van der Waals surface area (Å²) in [5, 5.41) is 12.4. The second-order valence-electron chi connectivity index (χ2n) is 7.97. The molecule has 4 N–H and O–H groups in total. The highest BCUT2D eigenvalue weighted by molar-refractivity contribution is 7.13. The van der Waals surface area contributed by atoms with E-state index in [2.05, 4.69) is 25.5 Å². The lowest BCUT2D eigenvalue weighted by molar-refractivity contribution is 0.0267. The van der Waals surface area contributed by atoms with Crippen LogP contribution >= 0.6 is 11.3 Å². The number of anilines is 2. The number of H-pyrrole nitrogens is 1. The number of aromatic nitrogens is 4. The standard InChI is InChI=1S/C21H26FN7O2S/c1-11-18(19(28-27-11)16-6-5-14(23)13(22)9-31-16)26-20(30)15-10-32-21(25-15)12-4-7-17(24-8-12)29(2)3/h4,7-8,10,13-14,16H,5-6,9,23H2,1-3H3,(H,26,30)(H,27,28)/t13-,14-,16+/m1/s1. The van der Waals surface area contributed by atoms with Gasteiger partial charge in [-0.2, -0.15) is 5.10 Å². The van der Waals surface area contributed by atoms with Gasteiger partial charge < -0.3 is 20.7 Å². The molecule has 9 nitrogen and oxygen atoms in total. The first-order chi connectivity index (χ1) is 15.3. The van der Waals surface area contributed by atoms with Crippen molar-refractivity contribution in [1.29, 1.82) is 0 Å². The molecule has 4 heterocycles. The number of rotatable bonds is 5. The normalized spacial score (nSPS) is 21.2. The smallest absolute Gasteiger partial charge is 0.275 e. The molecule has 3 aromatic rings. The number of halogens is 1. The maximum Gasteiger partial charge on any atom is 0.275 e. The molecule has 1 saturated heterocycles. The van der Waals surface area contributed by atoms with E-state index in [-0.39, 0.29) is 12.5 Å². The Bertz CT molecular complexity index is 1070. The largest absolute Gasteiger partial charge is 0.369 e. The van der Waals surface area contributed by atoms with Gasteiger partial charge in [-0.3, -0.25) is 9.89 Å². The number of hydrogen-bond donors (Lipinski definition) is 3. The molecule has 4 rings (SSSR count). The van der Waals surface area contributed by atoms with Crippen LogP contribution in [0.25, 0.3) is 10.6 Å². The number of alkyl halides is 1. The SMILES string of the molecule is Cc1n[nH]c([C@@H]2CC[C@@H](N)[C@H](F)CO2)c1NC(=O)c1csc(-c2ccc(N(C)C)nc2)n1. The fraction of sp³-hybridized carbons (Fsp3) is 0.429. The fourth-order valence-corrected chi connectivity index (χ4v) is 4.27. The first kappa shape index (κ1) is 22.3. The first-order valence-electron chi connectivity index (χ1n) is 10.3. The van der Waals surface area contributed by atoms with Gasteiger partial charge in [-0.05, 0) is 31.9 Å². The number of aryl methyl sites for hydroxylation is 1. The van der Waals surface area contributed by atoms with E-state index in [9.17, 15) is 9.18 Å². The summed E-state index contributed by atoms with van der Waals surface area (Å²) in [5.74, 6) is 0.483. The summed E-state index contributed by atoms with van der Waals surface area (Å²) < 4.78 is 19.6. The van der Waals surface area contributed by atoms with Gasteiger partial charge in [0, 0.05) is 37.3 Å². The number of amides is 1. The molecule has 0 aliphatic carbocycles. The van der Waals surface area contributed by atoms with E-state index in [1.807, 2.05) is 31.1 Å². The lowest BCUT2D eigenvalue weighted by Gasteiger charge is -2.15. The van der Waals surface area contributed by atoms with Crippen molar-refractivity contribution in [2.75, 3.05) is 30.9 Å². The molecule has 170 valence electrons. The number of carbonyl (C=O) groups is 1. The van der Waals surface area contributed by atoms with Crippen LogP contribution in [-0.2, 0) is 4.74 Å². The predicted molar refractivity (Wildman–Crippen MR) is 122 cm³/mol. The second kappa shape index (κ2) is 9.31. The van der Waals surface area contributed by atoms with Crippen molar-refractivity contribution in [3.63, 3.8) is 0 Å². The lowest BCUT2D eigenvalue weighted by Crippen LogP contribution is -2.32. The van der Waals surface area contributed by atoms with Crippen molar-refractivity contribution in [1.82, 2.24) is 20.2 Å². The zero-order valence-corrected chi connectivity index (χ0v) is 18.9. The Morgan fingerprint density at radius 3 is 2.91 bits per heavy atom. The van der Waals surface area contributed by atoms with E-state index in [1.54, 1.807) is 18.5 Å². The summed E-state index contributed by atoms with van der Waals surface area (Å²) in [4.78, 5) is 23.7. The van der Waals surface area contributed by atoms with Crippen LogP contribution in [-0.4, -0.2) is 59.0 Å². The number of nitrogens with two attached hydrogens (primary N) is 1. The molecule has 0 saturated carbocycles. The van der Waals surface area contributed by atoms with Gasteiger partial charge in [0.25, 0.3) is 5.91 Å². The van der Waals surface area contributed by atoms with Gasteiger partial charge in [-0.25, -0.2) is 14.4 Å². The molecule has 1 aliphatic rings. The summed E-state index contributed by atoms with van der Waals surface area (Å²) >= 11 is 1.37. The molecule has 0 unspecified atom stereocenters. The number of nitrogens with one attached hydrogen (secondary N) is 2. The number of pyridine rings is 1. The summed E-state index contributed by atoms with van der Waals surface area (Å²) in [6.07, 6.45) is 1.11. The Kier molecular flexibility index (Phi) is 6.49. The van der Waals surface area contributed by atoms with Crippen LogP contribution in [0.3, 0.4) is 0 Å². The maximum absolute atomic E-state index is 13.9. The molecular formula is C21H26FN7O2S. The van der Waals surface area contributed by atoms with Crippen molar-refractivity contribution in [2.45, 2.75) is 38.1 Å². The van der Waals surface area contributed by atoms with E-state index >= 15 is 0 Å². The van der Waals surface area contributed by atoms with E-state index in [0.29, 0.717) is 40.6 Å². The monoisotopic (exact) mass is 459 g/mol. The maximum atomic E-state index is 13.9. The highest BCUT2D eigenvalue weighted by Crippen LogP contribution is 2.33. The first-order valence-corrected chi connectivity index (χ1v) is 11.2. The number of hydrogen-bond acceptors (Lipinski definition) is 8. The zero-order chi connectivity index (χ0) is 22.8. The Labute approximate surface area is 189 Å². The molecule has 1 aliphatic heterocycles. The zero-order valence-electron chi connectivity index (χ0n) is 18.1. The van der Waals surface area contributed by atoms with Gasteiger partial charge in [0.1, 0.15) is 28.8 Å². The van der Waals surface area contributed by atoms with Crippen LogP contribution in [0.15, 0.2) is 23.7 Å². The Morgan fingerprint density at radius 1 is 1.38 bits per heavy atom. The molecule has 3 aromatic heterocycles. The molecular weight excluding hydrogens is 433 g/mol. The van der Waals surface area contributed by atoms with Crippen molar-refractivity contribution in [3.8, 4) is 10.6 Å². The van der Waals surface area contributed by atoms with Crippen LogP contribution in [0.1, 0.15) is 40.8 Å².